The molecule has 1 aromatic rings. The van der Waals surface area contributed by atoms with Crippen LogP contribution in [0.3, 0.4) is 0 Å². The van der Waals surface area contributed by atoms with Crippen LogP contribution in [0.1, 0.15) is 5.56 Å². The molecule has 0 saturated heterocycles. The van der Waals surface area contributed by atoms with Crippen molar-refractivity contribution < 1.29 is 0 Å². The molecule has 1 rings (SSSR count). The smallest absolute Gasteiger partial charge is 0.0479 e. The molecule has 0 bridgehead atoms. The summed E-state index contributed by atoms with van der Waals surface area (Å²) in [4.78, 5) is 2.70. The summed E-state index contributed by atoms with van der Waals surface area (Å²) in [5.74, 6) is 0.341. The highest BCUT2D eigenvalue weighted by molar-refractivity contribution is 9.10. The fourth-order valence-corrected chi connectivity index (χ4v) is 1.43. The fraction of sp³-hybridized carbons (Fsp3) is 0.143. The molecule has 0 aromatic heterocycles. The van der Waals surface area contributed by atoms with E-state index in [0.717, 1.165) is 10.0 Å². The standard InChI is InChI=1S/C7H5BrClN3/c8-6-1-2-7(11-12-10)5(3-6)4-9/h1-3H,4H2. The molecule has 0 aliphatic heterocycles. The maximum atomic E-state index is 8.21. The van der Waals surface area contributed by atoms with Gasteiger partial charge in [-0.3, -0.25) is 0 Å². The van der Waals surface area contributed by atoms with E-state index < -0.39 is 0 Å². The van der Waals surface area contributed by atoms with Crippen molar-refractivity contribution in [3.63, 3.8) is 0 Å². The van der Waals surface area contributed by atoms with Crippen LogP contribution in [0.4, 0.5) is 5.69 Å². The Balaban J connectivity index is 3.19. The van der Waals surface area contributed by atoms with Crippen molar-refractivity contribution in [1.29, 1.82) is 0 Å². The molecule has 0 spiro atoms. The SMILES string of the molecule is [N-]=[N+]=Nc1ccc(Br)cc1CCl. The van der Waals surface area contributed by atoms with Gasteiger partial charge in [-0.15, -0.1) is 11.6 Å². The van der Waals surface area contributed by atoms with Gasteiger partial charge >= 0.3 is 0 Å². The average Bonchev–Trinajstić information content (AvgIpc) is 2.08. The lowest BCUT2D eigenvalue weighted by atomic mass is 10.2. The van der Waals surface area contributed by atoms with E-state index in [1.807, 2.05) is 6.07 Å². The summed E-state index contributed by atoms with van der Waals surface area (Å²) in [5.41, 5.74) is 9.61. The Morgan fingerprint density at radius 3 is 2.92 bits per heavy atom. The van der Waals surface area contributed by atoms with Gasteiger partial charge < -0.3 is 0 Å². The first kappa shape index (κ1) is 9.39. The van der Waals surface area contributed by atoms with Gasteiger partial charge in [0.2, 0.25) is 0 Å². The maximum absolute atomic E-state index is 8.21. The molecule has 0 amide bonds. The number of hydrogen-bond donors (Lipinski definition) is 0. The molecule has 0 saturated carbocycles. The highest BCUT2D eigenvalue weighted by Gasteiger charge is 1.98. The van der Waals surface area contributed by atoms with E-state index in [4.69, 9.17) is 17.1 Å². The Labute approximate surface area is 83.1 Å². The van der Waals surface area contributed by atoms with Crippen molar-refractivity contribution in [3.05, 3.63) is 38.7 Å². The first-order valence-electron chi connectivity index (χ1n) is 3.17. The summed E-state index contributed by atoms with van der Waals surface area (Å²) < 4.78 is 0.926. The third-order valence-corrected chi connectivity index (χ3v) is 2.12. The van der Waals surface area contributed by atoms with E-state index in [0.29, 0.717) is 11.6 Å². The van der Waals surface area contributed by atoms with Gasteiger partial charge in [0.1, 0.15) is 0 Å². The lowest BCUT2D eigenvalue weighted by molar-refractivity contribution is 1.33. The highest BCUT2D eigenvalue weighted by atomic mass is 79.9. The van der Waals surface area contributed by atoms with E-state index >= 15 is 0 Å². The number of rotatable bonds is 2. The molecule has 0 aliphatic rings. The summed E-state index contributed by atoms with van der Waals surface area (Å²) >= 11 is 8.93. The molecule has 0 N–H and O–H groups in total. The Bertz CT molecular complexity index is 333. The van der Waals surface area contributed by atoms with Gasteiger partial charge in [-0.1, -0.05) is 27.1 Å². The van der Waals surface area contributed by atoms with Crippen LogP contribution in [0.2, 0.25) is 0 Å². The molecule has 12 heavy (non-hydrogen) atoms. The minimum absolute atomic E-state index is 0.341. The minimum atomic E-state index is 0.341. The quantitative estimate of drug-likeness (QED) is 0.326. The highest BCUT2D eigenvalue weighted by Crippen LogP contribution is 2.24. The predicted molar refractivity (Wildman–Crippen MR) is 52.5 cm³/mol. The molecular formula is C7H5BrClN3. The summed E-state index contributed by atoms with van der Waals surface area (Å²) in [6.45, 7) is 0. The van der Waals surface area contributed by atoms with Crippen molar-refractivity contribution in [2.24, 2.45) is 5.11 Å². The third kappa shape index (κ3) is 2.14. The van der Waals surface area contributed by atoms with Crippen molar-refractivity contribution in [2.45, 2.75) is 5.88 Å². The molecule has 0 fully saturated rings. The van der Waals surface area contributed by atoms with Gasteiger partial charge in [0.25, 0.3) is 0 Å². The second-order valence-electron chi connectivity index (χ2n) is 2.10. The van der Waals surface area contributed by atoms with Crippen LogP contribution >= 0.6 is 27.5 Å². The average molecular weight is 246 g/mol. The summed E-state index contributed by atoms with van der Waals surface area (Å²) in [5, 5.41) is 3.49. The van der Waals surface area contributed by atoms with E-state index in [-0.39, 0.29) is 0 Å². The molecule has 0 heterocycles. The molecule has 0 radical (unpaired) electrons. The predicted octanol–water partition coefficient (Wildman–Crippen LogP) is 4.13. The van der Waals surface area contributed by atoms with Gasteiger partial charge in [0, 0.05) is 21.0 Å². The van der Waals surface area contributed by atoms with E-state index in [9.17, 15) is 0 Å². The van der Waals surface area contributed by atoms with Crippen molar-refractivity contribution in [1.82, 2.24) is 0 Å². The number of benzene rings is 1. The van der Waals surface area contributed by atoms with Crippen molar-refractivity contribution >= 4 is 33.2 Å². The normalized spacial score (nSPS) is 9.17. The second kappa shape index (κ2) is 4.36. The van der Waals surface area contributed by atoms with Crippen LogP contribution in [0, 0.1) is 0 Å². The molecule has 3 nitrogen and oxygen atoms in total. The monoisotopic (exact) mass is 245 g/mol. The minimum Gasteiger partial charge on any atom is -0.122 e. The van der Waals surface area contributed by atoms with Crippen molar-refractivity contribution in [3.8, 4) is 0 Å². The molecule has 62 valence electrons. The van der Waals surface area contributed by atoms with Gasteiger partial charge in [0.05, 0.1) is 0 Å². The summed E-state index contributed by atoms with van der Waals surface area (Å²) in [6, 6.07) is 5.36. The van der Waals surface area contributed by atoms with Crippen LogP contribution in [0.25, 0.3) is 10.4 Å². The Kier molecular flexibility index (Phi) is 3.41. The zero-order valence-electron chi connectivity index (χ0n) is 6.04. The Hall–Kier alpha value is -0.700. The maximum Gasteiger partial charge on any atom is 0.0479 e. The lowest BCUT2D eigenvalue weighted by Crippen LogP contribution is -1.78. The van der Waals surface area contributed by atoms with Crippen LogP contribution < -0.4 is 0 Å². The van der Waals surface area contributed by atoms with Gasteiger partial charge in [-0.25, -0.2) is 0 Å². The molecule has 1 aromatic carbocycles. The lowest BCUT2D eigenvalue weighted by Gasteiger charge is -2.00. The first-order valence-corrected chi connectivity index (χ1v) is 4.50. The third-order valence-electron chi connectivity index (χ3n) is 1.34. The molecule has 0 atom stereocenters. The van der Waals surface area contributed by atoms with E-state index in [2.05, 4.69) is 26.0 Å². The first-order chi connectivity index (χ1) is 5.77. The van der Waals surface area contributed by atoms with Crippen LogP contribution in [-0.2, 0) is 5.88 Å². The van der Waals surface area contributed by atoms with Crippen LogP contribution in [0.15, 0.2) is 27.8 Å². The summed E-state index contributed by atoms with van der Waals surface area (Å²) in [7, 11) is 0. The number of halogens is 2. The van der Waals surface area contributed by atoms with Crippen molar-refractivity contribution in [2.75, 3.05) is 0 Å². The number of alkyl halides is 1. The van der Waals surface area contributed by atoms with Gasteiger partial charge in [0.15, 0.2) is 0 Å². The molecule has 0 unspecified atom stereocenters. The van der Waals surface area contributed by atoms with Crippen LogP contribution in [-0.4, -0.2) is 0 Å². The fourth-order valence-electron chi connectivity index (χ4n) is 0.807. The number of nitrogens with zero attached hydrogens (tertiary/aromatic N) is 3. The molecule has 5 heteroatoms. The van der Waals surface area contributed by atoms with Crippen LogP contribution in [0.5, 0.6) is 0 Å². The number of azide groups is 1. The Morgan fingerprint density at radius 1 is 1.58 bits per heavy atom. The Morgan fingerprint density at radius 2 is 2.33 bits per heavy atom. The largest absolute Gasteiger partial charge is 0.122 e. The number of hydrogen-bond acceptors (Lipinski definition) is 1. The topological polar surface area (TPSA) is 48.8 Å². The second-order valence-corrected chi connectivity index (χ2v) is 3.28. The van der Waals surface area contributed by atoms with Gasteiger partial charge in [-0.2, -0.15) is 0 Å². The van der Waals surface area contributed by atoms with E-state index in [1.54, 1.807) is 12.1 Å². The zero-order valence-corrected chi connectivity index (χ0v) is 8.38. The van der Waals surface area contributed by atoms with E-state index in [1.165, 1.54) is 0 Å². The molecular weight excluding hydrogens is 241 g/mol. The zero-order chi connectivity index (χ0) is 8.97. The molecule has 0 aliphatic carbocycles. The van der Waals surface area contributed by atoms with Gasteiger partial charge in [-0.05, 0) is 23.2 Å². The summed E-state index contributed by atoms with van der Waals surface area (Å²) in [6.07, 6.45) is 0.